The highest BCUT2D eigenvalue weighted by atomic mass is 16.3. The first-order valence-electron chi connectivity index (χ1n) is 11.1. The molecule has 2 heteroatoms. The second-order valence-corrected chi connectivity index (χ2v) is 8.25. The van der Waals surface area contributed by atoms with E-state index in [9.17, 15) is 10.2 Å². The molecule has 0 saturated heterocycles. The van der Waals surface area contributed by atoms with Gasteiger partial charge >= 0.3 is 0 Å². The molecule has 0 unspecified atom stereocenters. The molecule has 0 aromatic heterocycles. The SMILES string of the molecule is CCCCc1c(O)cc(C)cc1C(CCC)c1cc(C)cc(O)c1CCCC. The Morgan fingerprint density at radius 2 is 1.11 bits per heavy atom. The van der Waals surface area contributed by atoms with Gasteiger partial charge < -0.3 is 10.2 Å². The maximum atomic E-state index is 10.7. The average Bonchev–Trinajstić information content (AvgIpc) is 2.64. The van der Waals surface area contributed by atoms with Gasteiger partial charge in [-0.15, -0.1) is 0 Å². The molecule has 0 bridgehead atoms. The van der Waals surface area contributed by atoms with E-state index in [-0.39, 0.29) is 5.92 Å². The molecule has 2 rings (SSSR count). The van der Waals surface area contributed by atoms with Crippen LogP contribution in [-0.2, 0) is 12.8 Å². The Bertz CT molecular complexity index is 713. The van der Waals surface area contributed by atoms with Crippen LogP contribution in [0.3, 0.4) is 0 Å². The number of unbranched alkanes of at least 4 members (excludes halogenated alkanes) is 2. The average molecular weight is 383 g/mol. The number of aromatic hydroxyl groups is 2. The van der Waals surface area contributed by atoms with Crippen molar-refractivity contribution in [3.05, 3.63) is 57.6 Å². The highest BCUT2D eigenvalue weighted by Gasteiger charge is 2.23. The number of phenolic OH excluding ortho intramolecular Hbond substituents is 2. The summed E-state index contributed by atoms with van der Waals surface area (Å²) in [5.41, 5.74) is 6.87. The van der Waals surface area contributed by atoms with E-state index in [1.807, 2.05) is 12.1 Å². The molecule has 154 valence electrons. The van der Waals surface area contributed by atoms with E-state index in [0.717, 1.165) is 73.6 Å². The van der Waals surface area contributed by atoms with Crippen LogP contribution >= 0.6 is 0 Å². The van der Waals surface area contributed by atoms with Crippen molar-refractivity contribution in [2.24, 2.45) is 0 Å². The fourth-order valence-corrected chi connectivity index (χ4v) is 4.29. The normalized spacial score (nSPS) is 11.4. The minimum atomic E-state index is 0.209. The second-order valence-electron chi connectivity index (χ2n) is 8.25. The largest absolute Gasteiger partial charge is 0.508 e. The summed E-state index contributed by atoms with van der Waals surface area (Å²) in [5, 5.41) is 21.5. The zero-order valence-corrected chi connectivity index (χ0v) is 18.4. The molecule has 2 aromatic carbocycles. The van der Waals surface area contributed by atoms with Gasteiger partial charge in [-0.2, -0.15) is 0 Å². The first-order valence-corrected chi connectivity index (χ1v) is 11.1. The third-order valence-electron chi connectivity index (χ3n) is 5.70. The van der Waals surface area contributed by atoms with E-state index in [0.29, 0.717) is 11.5 Å². The summed E-state index contributed by atoms with van der Waals surface area (Å²) in [6.07, 6.45) is 8.25. The Kier molecular flexibility index (Phi) is 8.41. The van der Waals surface area contributed by atoms with E-state index in [4.69, 9.17) is 0 Å². The minimum Gasteiger partial charge on any atom is -0.508 e. The van der Waals surface area contributed by atoms with Crippen molar-refractivity contribution < 1.29 is 10.2 Å². The highest BCUT2D eigenvalue weighted by molar-refractivity contribution is 5.52. The summed E-state index contributed by atoms with van der Waals surface area (Å²) in [6.45, 7) is 10.7. The number of hydrogen-bond donors (Lipinski definition) is 2. The molecule has 0 fully saturated rings. The van der Waals surface area contributed by atoms with Crippen molar-refractivity contribution in [1.29, 1.82) is 0 Å². The molecule has 0 atom stereocenters. The zero-order valence-electron chi connectivity index (χ0n) is 18.4. The summed E-state index contributed by atoms with van der Waals surface area (Å²) in [4.78, 5) is 0. The minimum absolute atomic E-state index is 0.209. The van der Waals surface area contributed by atoms with E-state index in [2.05, 4.69) is 46.8 Å². The molecule has 0 aliphatic carbocycles. The van der Waals surface area contributed by atoms with E-state index in [1.54, 1.807) is 0 Å². The molecule has 0 heterocycles. The number of phenols is 2. The van der Waals surface area contributed by atoms with Crippen LogP contribution < -0.4 is 0 Å². The molecular formula is C26H38O2. The van der Waals surface area contributed by atoms with Gasteiger partial charge in [0.2, 0.25) is 0 Å². The van der Waals surface area contributed by atoms with Gasteiger partial charge in [-0.25, -0.2) is 0 Å². The van der Waals surface area contributed by atoms with Crippen LogP contribution in [0.2, 0.25) is 0 Å². The monoisotopic (exact) mass is 382 g/mol. The van der Waals surface area contributed by atoms with Crippen LogP contribution in [0, 0.1) is 13.8 Å². The van der Waals surface area contributed by atoms with E-state index >= 15 is 0 Å². The molecule has 2 N–H and O–H groups in total. The fourth-order valence-electron chi connectivity index (χ4n) is 4.29. The van der Waals surface area contributed by atoms with Crippen molar-refractivity contribution in [2.45, 2.75) is 91.9 Å². The third kappa shape index (κ3) is 5.31. The number of benzene rings is 2. The van der Waals surface area contributed by atoms with Crippen LogP contribution in [-0.4, -0.2) is 10.2 Å². The first kappa shape index (κ1) is 22.3. The van der Waals surface area contributed by atoms with Gasteiger partial charge in [0.25, 0.3) is 0 Å². The molecule has 0 saturated carbocycles. The number of hydrogen-bond acceptors (Lipinski definition) is 2. The lowest BCUT2D eigenvalue weighted by atomic mass is 9.79. The Hall–Kier alpha value is -1.96. The predicted molar refractivity (Wildman–Crippen MR) is 120 cm³/mol. The highest BCUT2D eigenvalue weighted by Crippen LogP contribution is 2.41. The molecule has 0 amide bonds. The molecule has 0 aliphatic heterocycles. The van der Waals surface area contributed by atoms with Crippen molar-refractivity contribution >= 4 is 0 Å². The summed E-state index contributed by atoms with van der Waals surface area (Å²) in [5.74, 6) is 1.06. The fraction of sp³-hybridized carbons (Fsp3) is 0.538. The quantitative estimate of drug-likeness (QED) is 0.451. The predicted octanol–water partition coefficient (Wildman–Crippen LogP) is 7.33. The van der Waals surface area contributed by atoms with Crippen LogP contribution in [0.4, 0.5) is 0 Å². The Balaban J connectivity index is 2.67. The maximum Gasteiger partial charge on any atom is 0.119 e. The maximum absolute atomic E-state index is 10.7. The molecule has 0 aliphatic rings. The van der Waals surface area contributed by atoms with Crippen molar-refractivity contribution in [3.63, 3.8) is 0 Å². The van der Waals surface area contributed by atoms with Crippen molar-refractivity contribution in [3.8, 4) is 11.5 Å². The van der Waals surface area contributed by atoms with Gasteiger partial charge in [0.05, 0.1) is 0 Å². The van der Waals surface area contributed by atoms with Crippen molar-refractivity contribution in [2.75, 3.05) is 0 Å². The third-order valence-corrected chi connectivity index (χ3v) is 5.70. The Morgan fingerprint density at radius 1 is 0.679 bits per heavy atom. The number of aryl methyl sites for hydroxylation is 2. The van der Waals surface area contributed by atoms with E-state index in [1.165, 1.54) is 11.1 Å². The summed E-state index contributed by atoms with van der Waals surface area (Å²) >= 11 is 0. The Morgan fingerprint density at radius 3 is 1.46 bits per heavy atom. The molecule has 2 aromatic rings. The summed E-state index contributed by atoms with van der Waals surface area (Å²) in [6, 6.07) is 8.30. The lowest BCUT2D eigenvalue weighted by Crippen LogP contribution is -2.10. The lowest BCUT2D eigenvalue weighted by molar-refractivity contribution is 0.461. The van der Waals surface area contributed by atoms with Crippen LogP contribution in [0.5, 0.6) is 11.5 Å². The van der Waals surface area contributed by atoms with Gasteiger partial charge in [0.15, 0.2) is 0 Å². The lowest BCUT2D eigenvalue weighted by Gasteiger charge is -2.26. The van der Waals surface area contributed by atoms with Gasteiger partial charge in [0, 0.05) is 5.92 Å². The van der Waals surface area contributed by atoms with E-state index < -0.39 is 0 Å². The van der Waals surface area contributed by atoms with Crippen molar-refractivity contribution in [1.82, 2.24) is 0 Å². The summed E-state index contributed by atoms with van der Waals surface area (Å²) in [7, 11) is 0. The first-order chi connectivity index (χ1) is 13.4. The molecule has 2 nitrogen and oxygen atoms in total. The van der Waals surface area contributed by atoms with Crippen LogP contribution in [0.1, 0.15) is 98.6 Å². The van der Waals surface area contributed by atoms with Gasteiger partial charge in [-0.3, -0.25) is 0 Å². The van der Waals surface area contributed by atoms with Crippen LogP contribution in [0.15, 0.2) is 24.3 Å². The molecule has 28 heavy (non-hydrogen) atoms. The molecule has 0 radical (unpaired) electrons. The Labute approximate surface area is 171 Å². The standard InChI is InChI=1S/C26H38O2/c1-6-9-12-21-23(14-18(4)16-25(21)27)20(11-8-3)24-15-19(5)17-26(28)22(24)13-10-7-2/h14-17,20,27-28H,6-13H2,1-5H3. The molecular weight excluding hydrogens is 344 g/mol. The topological polar surface area (TPSA) is 40.5 Å². The molecule has 0 spiro atoms. The summed E-state index contributed by atoms with van der Waals surface area (Å²) < 4.78 is 0. The smallest absolute Gasteiger partial charge is 0.119 e. The number of rotatable bonds is 10. The van der Waals surface area contributed by atoms with Gasteiger partial charge in [-0.1, -0.05) is 52.2 Å². The van der Waals surface area contributed by atoms with Crippen LogP contribution in [0.25, 0.3) is 0 Å². The second kappa shape index (κ2) is 10.5. The van der Waals surface area contributed by atoms with Gasteiger partial charge in [0.1, 0.15) is 11.5 Å². The van der Waals surface area contributed by atoms with Gasteiger partial charge in [-0.05, 0) is 91.5 Å². The zero-order chi connectivity index (χ0) is 20.7.